The Hall–Kier alpha value is -1.63. The minimum Gasteiger partial charge on any atom is -0.481 e. The molecule has 6 nitrogen and oxygen atoms in total. The number of hydrogen-bond donors (Lipinski definition) is 3. The van der Waals surface area contributed by atoms with E-state index in [1.165, 1.54) is 11.3 Å². The number of carbonyl (C=O) groups excluding carboxylic acids is 1. The first-order valence-electron chi connectivity index (χ1n) is 6.97. The van der Waals surface area contributed by atoms with Gasteiger partial charge in [0.15, 0.2) is 5.13 Å². The van der Waals surface area contributed by atoms with E-state index in [9.17, 15) is 9.59 Å². The lowest BCUT2D eigenvalue weighted by atomic mass is 9.74. The highest BCUT2D eigenvalue weighted by molar-refractivity contribution is 7.13. The van der Waals surface area contributed by atoms with Crippen LogP contribution in [0.1, 0.15) is 52.1 Å². The van der Waals surface area contributed by atoms with Gasteiger partial charge in [-0.1, -0.05) is 20.8 Å². The first kappa shape index (κ1) is 15.8. The lowest BCUT2D eigenvalue weighted by Crippen LogP contribution is -2.55. The van der Waals surface area contributed by atoms with Gasteiger partial charge in [-0.3, -0.25) is 10.1 Å². The number of aromatic nitrogens is 1. The number of nitrogens with one attached hydrogen (secondary N) is 2. The highest BCUT2D eigenvalue weighted by atomic mass is 32.1. The minimum atomic E-state index is -0.890. The molecule has 21 heavy (non-hydrogen) atoms. The molecule has 1 fully saturated rings. The normalized spacial score (nSPS) is 16.9. The molecular weight excluding hydrogens is 290 g/mol. The fraction of sp³-hybridized carbons (Fsp3) is 0.643. The van der Waals surface area contributed by atoms with Gasteiger partial charge in [0.05, 0.1) is 17.7 Å². The molecule has 1 saturated carbocycles. The van der Waals surface area contributed by atoms with Gasteiger partial charge in [0.2, 0.25) is 0 Å². The van der Waals surface area contributed by atoms with Gasteiger partial charge >= 0.3 is 12.0 Å². The highest BCUT2D eigenvalue weighted by Gasteiger charge is 2.40. The first-order chi connectivity index (χ1) is 9.70. The molecule has 1 aliphatic rings. The van der Waals surface area contributed by atoms with Crippen molar-refractivity contribution in [2.24, 2.45) is 0 Å². The number of rotatable bonds is 4. The number of amides is 2. The van der Waals surface area contributed by atoms with Gasteiger partial charge in [0.25, 0.3) is 0 Å². The molecule has 0 unspecified atom stereocenters. The van der Waals surface area contributed by atoms with E-state index in [-0.39, 0.29) is 17.9 Å². The number of carboxylic acids is 1. The van der Waals surface area contributed by atoms with Crippen LogP contribution < -0.4 is 10.6 Å². The van der Waals surface area contributed by atoms with Gasteiger partial charge in [-0.25, -0.2) is 9.78 Å². The predicted molar refractivity (Wildman–Crippen MR) is 81.8 cm³/mol. The van der Waals surface area contributed by atoms with Crippen LogP contribution in [-0.2, 0) is 10.2 Å². The van der Waals surface area contributed by atoms with Gasteiger partial charge in [0, 0.05) is 10.8 Å². The number of hydrogen-bond acceptors (Lipinski definition) is 4. The summed E-state index contributed by atoms with van der Waals surface area (Å²) >= 11 is 1.37. The largest absolute Gasteiger partial charge is 0.481 e. The van der Waals surface area contributed by atoms with Gasteiger partial charge in [0.1, 0.15) is 0 Å². The number of aliphatic carboxylic acids is 1. The van der Waals surface area contributed by atoms with E-state index in [1.54, 1.807) is 0 Å². The van der Waals surface area contributed by atoms with Crippen LogP contribution in [0, 0.1) is 0 Å². The Balaban J connectivity index is 1.95. The summed E-state index contributed by atoms with van der Waals surface area (Å²) in [6.45, 7) is 6.17. The Morgan fingerprint density at radius 2 is 2.10 bits per heavy atom. The summed E-state index contributed by atoms with van der Waals surface area (Å²) in [5.41, 5.74) is 0.262. The van der Waals surface area contributed by atoms with Crippen LogP contribution in [0.4, 0.5) is 9.93 Å². The zero-order valence-electron chi connectivity index (χ0n) is 12.5. The standard InChI is InChI=1S/C14H21N3O3S/c1-13(2,3)9-8-21-12(15-9)16-11(20)17-14(5-4-6-14)7-10(18)19/h8H,4-7H2,1-3H3,(H,18,19)(H2,15,16,17,20). The molecule has 2 amide bonds. The average molecular weight is 311 g/mol. The maximum atomic E-state index is 12.0. The molecule has 1 aromatic rings. The summed E-state index contributed by atoms with van der Waals surface area (Å²) in [6.07, 6.45) is 2.32. The summed E-state index contributed by atoms with van der Waals surface area (Å²) < 4.78 is 0. The molecule has 0 radical (unpaired) electrons. The number of carboxylic acid groups (broad SMARTS) is 1. The number of carbonyl (C=O) groups is 2. The Morgan fingerprint density at radius 1 is 1.43 bits per heavy atom. The molecule has 0 saturated heterocycles. The second-order valence-electron chi connectivity index (χ2n) is 6.57. The van der Waals surface area contributed by atoms with E-state index in [0.717, 1.165) is 12.1 Å². The van der Waals surface area contributed by atoms with Crippen molar-refractivity contribution < 1.29 is 14.7 Å². The van der Waals surface area contributed by atoms with Gasteiger partial charge < -0.3 is 10.4 Å². The molecule has 0 spiro atoms. The fourth-order valence-corrected chi connectivity index (χ4v) is 3.22. The molecule has 0 aromatic carbocycles. The second-order valence-corrected chi connectivity index (χ2v) is 7.43. The van der Waals surface area contributed by atoms with Crippen LogP contribution in [-0.4, -0.2) is 27.6 Å². The van der Waals surface area contributed by atoms with E-state index in [4.69, 9.17) is 5.11 Å². The number of urea groups is 1. The molecule has 1 aliphatic carbocycles. The van der Waals surface area contributed by atoms with Crippen molar-refractivity contribution in [2.45, 2.75) is 57.4 Å². The van der Waals surface area contributed by atoms with Crippen molar-refractivity contribution in [3.8, 4) is 0 Å². The van der Waals surface area contributed by atoms with E-state index >= 15 is 0 Å². The van der Waals surface area contributed by atoms with Crippen molar-refractivity contribution in [1.82, 2.24) is 10.3 Å². The Morgan fingerprint density at radius 3 is 2.52 bits per heavy atom. The van der Waals surface area contributed by atoms with Crippen molar-refractivity contribution in [3.05, 3.63) is 11.1 Å². The van der Waals surface area contributed by atoms with Crippen LogP contribution >= 0.6 is 11.3 Å². The summed E-state index contributed by atoms with van der Waals surface area (Å²) in [5, 5.41) is 16.9. The van der Waals surface area contributed by atoms with Crippen molar-refractivity contribution >= 4 is 28.5 Å². The van der Waals surface area contributed by atoms with Crippen molar-refractivity contribution in [3.63, 3.8) is 0 Å². The Kier molecular flexibility index (Phi) is 4.22. The molecule has 1 heterocycles. The summed E-state index contributed by atoms with van der Waals surface area (Å²) in [5.74, 6) is -0.890. The van der Waals surface area contributed by atoms with E-state index in [0.29, 0.717) is 18.0 Å². The Bertz CT molecular complexity index is 544. The molecule has 116 valence electrons. The van der Waals surface area contributed by atoms with Crippen LogP contribution in [0.5, 0.6) is 0 Å². The monoisotopic (exact) mass is 311 g/mol. The maximum Gasteiger partial charge on any atom is 0.321 e. The lowest BCUT2D eigenvalue weighted by Gasteiger charge is -2.41. The van der Waals surface area contributed by atoms with Crippen LogP contribution in [0.3, 0.4) is 0 Å². The molecular formula is C14H21N3O3S. The third kappa shape index (κ3) is 3.93. The minimum absolute atomic E-state index is 0.0362. The van der Waals surface area contributed by atoms with Crippen LogP contribution in [0.15, 0.2) is 5.38 Å². The maximum absolute atomic E-state index is 12.0. The van der Waals surface area contributed by atoms with Gasteiger partial charge in [-0.2, -0.15) is 0 Å². The summed E-state index contributed by atoms with van der Waals surface area (Å²) in [7, 11) is 0. The third-order valence-electron chi connectivity index (χ3n) is 3.67. The van der Waals surface area contributed by atoms with Crippen molar-refractivity contribution in [1.29, 1.82) is 0 Å². The SMILES string of the molecule is CC(C)(C)c1csc(NC(=O)NC2(CC(=O)O)CCC2)n1. The predicted octanol–water partition coefficient (Wildman–Crippen LogP) is 2.96. The second kappa shape index (κ2) is 5.63. The molecule has 2 rings (SSSR count). The van der Waals surface area contributed by atoms with Gasteiger partial charge in [-0.05, 0) is 19.3 Å². The van der Waals surface area contributed by atoms with Crippen molar-refractivity contribution in [2.75, 3.05) is 5.32 Å². The number of nitrogens with zero attached hydrogens (tertiary/aromatic N) is 1. The summed E-state index contributed by atoms with van der Waals surface area (Å²) in [4.78, 5) is 27.3. The molecule has 0 aliphatic heterocycles. The summed E-state index contributed by atoms with van der Waals surface area (Å²) in [6, 6.07) is -0.384. The first-order valence-corrected chi connectivity index (χ1v) is 7.85. The highest BCUT2D eigenvalue weighted by Crippen LogP contribution is 2.35. The third-order valence-corrected chi connectivity index (χ3v) is 4.43. The quantitative estimate of drug-likeness (QED) is 0.797. The molecule has 1 aromatic heterocycles. The topological polar surface area (TPSA) is 91.3 Å². The van der Waals surface area contributed by atoms with E-state index < -0.39 is 11.5 Å². The molecule has 3 N–H and O–H groups in total. The zero-order valence-corrected chi connectivity index (χ0v) is 13.3. The van der Waals surface area contributed by atoms with Crippen LogP contribution in [0.2, 0.25) is 0 Å². The molecule has 0 atom stereocenters. The zero-order chi connectivity index (χ0) is 15.7. The van der Waals surface area contributed by atoms with Crippen LogP contribution in [0.25, 0.3) is 0 Å². The Labute approximate surface area is 128 Å². The van der Waals surface area contributed by atoms with E-state index in [1.807, 2.05) is 5.38 Å². The average Bonchev–Trinajstić information content (AvgIpc) is 2.73. The van der Waals surface area contributed by atoms with E-state index in [2.05, 4.69) is 36.4 Å². The smallest absolute Gasteiger partial charge is 0.321 e. The number of anilines is 1. The molecule has 7 heteroatoms. The fourth-order valence-electron chi connectivity index (χ4n) is 2.28. The number of thiazole rings is 1. The molecule has 0 bridgehead atoms. The van der Waals surface area contributed by atoms with Gasteiger partial charge in [-0.15, -0.1) is 11.3 Å². The lowest BCUT2D eigenvalue weighted by molar-refractivity contribution is -0.139.